The van der Waals surface area contributed by atoms with Gasteiger partial charge in [0.15, 0.2) is 0 Å². The van der Waals surface area contributed by atoms with Crippen LogP contribution in [-0.4, -0.2) is 50.7 Å². The number of nitrogens with zero attached hydrogens (tertiary/aromatic N) is 3. The van der Waals surface area contributed by atoms with Gasteiger partial charge < -0.3 is 4.90 Å². The maximum atomic E-state index is 6.63. The van der Waals surface area contributed by atoms with Gasteiger partial charge in [-0.3, -0.25) is 9.38 Å². The van der Waals surface area contributed by atoms with E-state index in [0.29, 0.717) is 0 Å². The molecule has 1 aliphatic rings. The Kier molecular flexibility index (Phi) is 8.91. The summed E-state index contributed by atoms with van der Waals surface area (Å²) in [6, 6.07) is 15.3. The Hall–Kier alpha value is -2.07. The van der Waals surface area contributed by atoms with Crippen LogP contribution in [0.4, 0.5) is 11.4 Å². The number of hydrogen-bond donors (Lipinski definition) is 0. The Balaban J connectivity index is 1.99. The number of likely N-dealkylation sites (N-methyl/N-ethyl adjacent to an activating group) is 2. The van der Waals surface area contributed by atoms with E-state index < -0.39 is 0 Å². The first kappa shape index (κ1) is 27.5. The second-order valence-corrected chi connectivity index (χ2v) is 10.7. The number of halogens is 1. The third-order valence-electron chi connectivity index (χ3n) is 7.90. The summed E-state index contributed by atoms with van der Waals surface area (Å²) < 4.78 is 0.743. The molecule has 35 heavy (non-hydrogen) atoms. The first-order chi connectivity index (χ1) is 16.6. The molecule has 1 unspecified atom stereocenters. The Morgan fingerprint density at radius 3 is 2.11 bits per heavy atom. The summed E-state index contributed by atoms with van der Waals surface area (Å²) in [7, 11) is 4.64. The zero-order valence-corrected chi connectivity index (χ0v) is 23.9. The van der Waals surface area contributed by atoms with Crippen LogP contribution in [0, 0.1) is 6.92 Å². The molecule has 3 rings (SSSR count). The quantitative estimate of drug-likeness (QED) is 0.313. The van der Waals surface area contributed by atoms with Crippen molar-refractivity contribution in [1.29, 1.82) is 0 Å². The fraction of sp³-hybridized carbons (Fsp3) is 0.484. The molecule has 190 valence electrons. The van der Waals surface area contributed by atoms with E-state index in [2.05, 4.69) is 108 Å². The lowest BCUT2D eigenvalue weighted by Crippen LogP contribution is -2.51. The van der Waals surface area contributed by atoms with Crippen LogP contribution in [0.15, 0.2) is 65.9 Å². The molecule has 0 aliphatic heterocycles. The lowest BCUT2D eigenvalue weighted by Gasteiger charge is -2.45. The molecule has 4 heteroatoms. The minimum absolute atomic E-state index is 0.0657. The average Bonchev–Trinajstić information content (AvgIpc) is 2.82. The minimum atomic E-state index is -0.0657. The Labute approximate surface area is 219 Å². The second kappa shape index (κ2) is 11.3. The topological polar surface area (TPSA) is 6.48 Å². The molecule has 0 N–H and O–H groups in total. The molecule has 1 aliphatic carbocycles. The van der Waals surface area contributed by atoms with Crippen LogP contribution in [0.1, 0.15) is 52.2 Å². The molecule has 0 bridgehead atoms. The van der Waals surface area contributed by atoms with Crippen molar-refractivity contribution >= 4 is 23.0 Å². The summed E-state index contributed by atoms with van der Waals surface area (Å²) in [4.78, 5) is 5.01. The Morgan fingerprint density at radius 2 is 1.57 bits per heavy atom. The van der Waals surface area contributed by atoms with Gasteiger partial charge in [-0.2, -0.15) is 0 Å². The van der Waals surface area contributed by atoms with Crippen molar-refractivity contribution in [2.75, 3.05) is 45.2 Å². The van der Waals surface area contributed by atoms with Gasteiger partial charge in [0.25, 0.3) is 0 Å². The summed E-state index contributed by atoms with van der Waals surface area (Å²) in [5, 5.41) is 0.861. The summed E-state index contributed by atoms with van der Waals surface area (Å²) >= 11 is 6.63. The molecule has 2 aromatic carbocycles. The lowest BCUT2D eigenvalue weighted by atomic mass is 9.79. The largest absolute Gasteiger partial charge is 0.372 e. The highest BCUT2D eigenvalue weighted by molar-refractivity contribution is 6.31. The van der Waals surface area contributed by atoms with E-state index in [0.717, 1.165) is 48.5 Å². The molecule has 2 aromatic rings. The molecule has 0 fully saturated rings. The van der Waals surface area contributed by atoms with E-state index in [1.807, 2.05) is 12.1 Å². The third kappa shape index (κ3) is 5.53. The van der Waals surface area contributed by atoms with Gasteiger partial charge >= 0.3 is 0 Å². The molecule has 0 heterocycles. The van der Waals surface area contributed by atoms with Crippen LogP contribution in [0.2, 0.25) is 5.02 Å². The minimum Gasteiger partial charge on any atom is -0.372 e. The molecule has 1 atom stereocenters. The summed E-state index contributed by atoms with van der Waals surface area (Å²) in [5.41, 5.74) is 7.88. The van der Waals surface area contributed by atoms with E-state index in [-0.39, 0.29) is 5.54 Å². The zero-order chi connectivity index (χ0) is 25.8. The number of quaternary nitrogens is 1. The number of aryl methyl sites for hydroxylation is 1. The van der Waals surface area contributed by atoms with Gasteiger partial charge in [0, 0.05) is 46.5 Å². The number of anilines is 1. The van der Waals surface area contributed by atoms with Gasteiger partial charge in [-0.05, 0) is 83.5 Å². The molecule has 0 aromatic heterocycles. The van der Waals surface area contributed by atoms with Crippen molar-refractivity contribution in [3.8, 4) is 0 Å². The predicted octanol–water partition coefficient (Wildman–Crippen LogP) is 7.62. The number of benzene rings is 2. The fourth-order valence-electron chi connectivity index (χ4n) is 6.10. The zero-order valence-electron chi connectivity index (χ0n) is 23.2. The Bertz CT molecular complexity index is 1080. The van der Waals surface area contributed by atoms with Gasteiger partial charge in [0.2, 0.25) is 0 Å². The molecular formula is C31H45ClN3+. The van der Waals surface area contributed by atoms with Crippen LogP contribution in [0.5, 0.6) is 0 Å². The highest BCUT2D eigenvalue weighted by Gasteiger charge is 2.39. The standard InChI is InChI=1S/C31H45ClN3/c1-9-33(10-2)27-17-18-29(24(5)21-27)35(7,8)30-19-20-31(22-25(30)6,34(11-3)12-4)23-26-15-13-14-16-28(26)32/h13-19,21-22H,9-12,20,23H2,1-8H3/q+1. The van der Waals surface area contributed by atoms with E-state index in [4.69, 9.17) is 11.6 Å². The SMILES string of the molecule is CCN(CC)c1ccc([N+](C)(C)C2=CCC(Cc3ccccc3Cl)(N(CC)CC)C=C2C)c(C)c1. The third-order valence-corrected chi connectivity index (χ3v) is 8.27. The molecule has 0 saturated carbocycles. The number of rotatable bonds is 10. The number of hydrogen-bond acceptors (Lipinski definition) is 2. The summed E-state index contributed by atoms with van der Waals surface area (Å²) in [5.74, 6) is 0. The maximum Gasteiger partial charge on any atom is 0.140 e. The van der Waals surface area contributed by atoms with Gasteiger partial charge in [-0.25, -0.2) is 0 Å². The van der Waals surface area contributed by atoms with E-state index in [1.54, 1.807) is 0 Å². The molecule has 3 nitrogen and oxygen atoms in total. The monoisotopic (exact) mass is 494 g/mol. The normalized spacial score (nSPS) is 18.5. The van der Waals surface area contributed by atoms with Crippen molar-refractivity contribution in [3.05, 3.63) is 82.0 Å². The first-order valence-corrected chi connectivity index (χ1v) is 13.6. The number of allylic oxidation sites excluding steroid dienone is 1. The second-order valence-electron chi connectivity index (χ2n) is 10.3. The van der Waals surface area contributed by atoms with Gasteiger partial charge in [0.1, 0.15) is 11.4 Å². The highest BCUT2D eigenvalue weighted by atomic mass is 35.5. The molecular weight excluding hydrogens is 450 g/mol. The smallest absolute Gasteiger partial charge is 0.140 e. The molecule has 0 saturated heterocycles. The summed E-state index contributed by atoms with van der Waals surface area (Å²) in [6.45, 7) is 17.6. The van der Waals surface area contributed by atoms with Gasteiger partial charge in [0.05, 0.1) is 14.1 Å². The fourth-order valence-corrected chi connectivity index (χ4v) is 6.30. The van der Waals surface area contributed by atoms with Crippen molar-refractivity contribution in [3.63, 3.8) is 0 Å². The van der Waals surface area contributed by atoms with Crippen molar-refractivity contribution in [2.45, 2.75) is 59.9 Å². The highest BCUT2D eigenvalue weighted by Crippen LogP contribution is 2.41. The van der Waals surface area contributed by atoms with Crippen LogP contribution in [-0.2, 0) is 6.42 Å². The van der Waals surface area contributed by atoms with Crippen molar-refractivity contribution in [2.24, 2.45) is 0 Å². The maximum absolute atomic E-state index is 6.63. The van der Waals surface area contributed by atoms with Crippen LogP contribution < -0.4 is 9.38 Å². The molecule has 0 radical (unpaired) electrons. The molecule has 0 amide bonds. The van der Waals surface area contributed by atoms with Crippen LogP contribution >= 0.6 is 11.6 Å². The Morgan fingerprint density at radius 1 is 0.914 bits per heavy atom. The predicted molar refractivity (Wildman–Crippen MR) is 156 cm³/mol. The van der Waals surface area contributed by atoms with Crippen LogP contribution in [0.3, 0.4) is 0 Å². The van der Waals surface area contributed by atoms with E-state index >= 15 is 0 Å². The van der Waals surface area contributed by atoms with E-state index in [9.17, 15) is 0 Å². The molecule has 0 spiro atoms. The van der Waals surface area contributed by atoms with Gasteiger partial charge in [-0.15, -0.1) is 0 Å². The summed E-state index contributed by atoms with van der Waals surface area (Å²) in [6.07, 6.45) is 6.91. The van der Waals surface area contributed by atoms with Crippen LogP contribution in [0.25, 0.3) is 0 Å². The van der Waals surface area contributed by atoms with E-state index in [1.165, 1.54) is 33.8 Å². The average molecular weight is 495 g/mol. The first-order valence-electron chi connectivity index (χ1n) is 13.2. The lowest BCUT2D eigenvalue weighted by molar-refractivity contribution is 0.143. The van der Waals surface area contributed by atoms with Crippen molar-refractivity contribution in [1.82, 2.24) is 9.38 Å². The van der Waals surface area contributed by atoms with Gasteiger partial charge in [-0.1, -0.05) is 49.7 Å². The van der Waals surface area contributed by atoms with Crippen molar-refractivity contribution < 1.29 is 0 Å².